The zero-order chi connectivity index (χ0) is 11.0. The molecule has 1 aromatic carbocycles. The van der Waals surface area contributed by atoms with Gasteiger partial charge in [0.1, 0.15) is 5.75 Å². The van der Waals surface area contributed by atoms with E-state index in [0.717, 1.165) is 10.1 Å². The molecule has 2 N–H and O–H groups in total. The van der Waals surface area contributed by atoms with Gasteiger partial charge in [-0.3, -0.25) is 0 Å². The van der Waals surface area contributed by atoms with Crippen molar-refractivity contribution >= 4 is 44.9 Å². The average Bonchev–Trinajstić information content (AvgIpc) is 2.59. The van der Waals surface area contributed by atoms with E-state index in [-0.39, 0.29) is 0 Å². The number of thiophene rings is 1. The SMILES string of the molecule is COc1cc(Cl)cc2cc(B(O)O)sc12. The molecule has 6 heteroatoms. The van der Waals surface area contributed by atoms with Gasteiger partial charge in [-0.05, 0) is 17.5 Å². The van der Waals surface area contributed by atoms with Gasteiger partial charge in [0.05, 0.1) is 11.8 Å². The largest absolute Gasteiger partial charge is 0.499 e. The molecule has 0 fully saturated rings. The predicted octanol–water partition coefficient (Wildman–Crippen LogP) is 1.24. The molecule has 0 aliphatic carbocycles. The number of fused-ring (bicyclic) bond motifs is 1. The van der Waals surface area contributed by atoms with Crippen LogP contribution in [0.15, 0.2) is 18.2 Å². The van der Waals surface area contributed by atoms with Crippen LogP contribution in [0.2, 0.25) is 5.02 Å². The van der Waals surface area contributed by atoms with E-state index in [0.29, 0.717) is 15.5 Å². The van der Waals surface area contributed by atoms with Crippen molar-refractivity contribution in [3.8, 4) is 5.75 Å². The smallest absolute Gasteiger partial charge is 0.495 e. The standard InChI is InChI=1S/C9H8BClO3S/c1-14-7-4-6(11)2-5-3-8(10(12)13)15-9(5)7/h2-4,12-13H,1H3. The van der Waals surface area contributed by atoms with Crippen LogP contribution < -0.4 is 9.51 Å². The lowest BCUT2D eigenvalue weighted by molar-refractivity contribution is 0.420. The molecule has 0 bridgehead atoms. The molecule has 0 aliphatic heterocycles. The first-order chi connectivity index (χ1) is 7.11. The number of methoxy groups -OCH3 is 1. The van der Waals surface area contributed by atoms with E-state index in [9.17, 15) is 0 Å². The van der Waals surface area contributed by atoms with Crippen LogP contribution in [0.3, 0.4) is 0 Å². The van der Waals surface area contributed by atoms with E-state index < -0.39 is 7.12 Å². The van der Waals surface area contributed by atoms with Crippen molar-refractivity contribution in [2.45, 2.75) is 0 Å². The zero-order valence-corrected chi connectivity index (χ0v) is 9.47. The summed E-state index contributed by atoms with van der Waals surface area (Å²) in [7, 11) is 0.103. The minimum Gasteiger partial charge on any atom is -0.495 e. The van der Waals surface area contributed by atoms with Gasteiger partial charge in [0.2, 0.25) is 0 Å². The molecule has 1 aromatic heterocycles. The van der Waals surface area contributed by atoms with E-state index >= 15 is 0 Å². The molecule has 0 radical (unpaired) electrons. The first-order valence-electron chi connectivity index (χ1n) is 4.25. The fourth-order valence-corrected chi connectivity index (χ4v) is 2.61. The van der Waals surface area contributed by atoms with E-state index in [4.69, 9.17) is 26.4 Å². The third-order valence-corrected chi connectivity index (χ3v) is 3.46. The Bertz CT molecular complexity index is 497. The van der Waals surface area contributed by atoms with E-state index in [1.807, 2.05) is 0 Å². The second-order valence-corrected chi connectivity index (χ2v) is 4.57. The molecule has 0 saturated heterocycles. The maximum atomic E-state index is 9.05. The van der Waals surface area contributed by atoms with Crippen LogP contribution in [-0.2, 0) is 0 Å². The van der Waals surface area contributed by atoms with E-state index in [1.54, 1.807) is 25.3 Å². The van der Waals surface area contributed by atoms with Crippen LogP contribution in [0.5, 0.6) is 5.75 Å². The Morgan fingerprint density at radius 1 is 1.33 bits per heavy atom. The van der Waals surface area contributed by atoms with Gasteiger partial charge in [-0.25, -0.2) is 0 Å². The summed E-state index contributed by atoms with van der Waals surface area (Å²) in [4.78, 5) is 0. The van der Waals surface area contributed by atoms with Crippen LogP contribution in [0.4, 0.5) is 0 Å². The fourth-order valence-electron chi connectivity index (χ4n) is 1.38. The summed E-state index contributed by atoms with van der Waals surface area (Å²) in [5, 5.41) is 19.5. The molecule has 0 amide bonds. The summed E-state index contributed by atoms with van der Waals surface area (Å²) in [6.45, 7) is 0. The van der Waals surface area contributed by atoms with Gasteiger partial charge in [0.15, 0.2) is 0 Å². The highest BCUT2D eigenvalue weighted by Crippen LogP contribution is 2.32. The molecule has 1 heterocycles. The highest BCUT2D eigenvalue weighted by molar-refractivity contribution is 7.28. The maximum Gasteiger partial charge on any atom is 0.499 e. The highest BCUT2D eigenvalue weighted by Gasteiger charge is 2.16. The lowest BCUT2D eigenvalue weighted by atomic mass is 9.89. The maximum absolute atomic E-state index is 9.05. The molecule has 2 rings (SSSR count). The van der Waals surface area contributed by atoms with Gasteiger partial charge in [0, 0.05) is 15.9 Å². The topological polar surface area (TPSA) is 49.7 Å². The van der Waals surface area contributed by atoms with Crippen molar-refractivity contribution in [1.29, 1.82) is 0 Å². The minimum absolute atomic E-state index is 0.477. The molecule has 0 saturated carbocycles. The Labute approximate surface area is 96.0 Å². The Hall–Kier alpha value is -0.745. The minimum atomic E-state index is -1.45. The Kier molecular flexibility index (Phi) is 2.88. The molecule has 3 nitrogen and oxygen atoms in total. The van der Waals surface area contributed by atoms with Crippen molar-refractivity contribution in [1.82, 2.24) is 0 Å². The second-order valence-electron chi connectivity index (χ2n) is 3.05. The van der Waals surface area contributed by atoms with Crippen molar-refractivity contribution < 1.29 is 14.8 Å². The average molecular weight is 242 g/mol. The summed E-state index contributed by atoms with van der Waals surface area (Å²) < 4.78 is 6.51. The van der Waals surface area contributed by atoms with Crippen LogP contribution in [0.25, 0.3) is 10.1 Å². The zero-order valence-electron chi connectivity index (χ0n) is 7.90. The molecular weight excluding hydrogens is 234 g/mol. The quantitative estimate of drug-likeness (QED) is 0.779. The summed E-state index contributed by atoms with van der Waals surface area (Å²) in [5.41, 5.74) is 0. The molecule has 0 unspecified atom stereocenters. The van der Waals surface area contributed by atoms with Crippen LogP contribution in [0, 0.1) is 0 Å². The molecule has 2 aromatic rings. The Morgan fingerprint density at radius 3 is 2.67 bits per heavy atom. The molecule has 0 spiro atoms. The van der Waals surface area contributed by atoms with Crippen LogP contribution >= 0.6 is 22.9 Å². The normalized spacial score (nSPS) is 10.7. The summed E-state index contributed by atoms with van der Waals surface area (Å²) in [5.74, 6) is 0.648. The number of halogens is 1. The van der Waals surface area contributed by atoms with Gasteiger partial charge in [-0.2, -0.15) is 0 Å². The van der Waals surface area contributed by atoms with Crippen molar-refractivity contribution in [3.63, 3.8) is 0 Å². The lowest BCUT2D eigenvalue weighted by Crippen LogP contribution is -2.26. The summed E-state index contributed by atoms with van der Waals surface area (Å²) in [6, 6.07) is 5.16. The number of hydrogen-bond donors (Lipinski definition) is 2. The molecule has 15 heavy (non-hydrogen) atoms. The summed E-state index contributed by atoms with van der Waals surface area (Å²) >= 11 is 7.17. The Balaban J connectivity index is 2.68. The Morgan fingerprint density at radius 2 is 2.07 bits per heavy atom. The number of rotatable bonds is 2. The van der Waals surface area contributed by atoms with Crippen LogP contribution in [0.1, 0.15) is 0 Å². The number of hydrogen-bond acceptors (Lipinski definition) is 4. The predicted molar refractivity (Wildman–Crippen MR) is 63.2 cm³/mol. The fraction of sp³-hybridized carbons (Fsp3) is 0.111. The lowest BCUT2D eigenvalue weighted by Gasteiger charge is -2.01. The van der Waals surface area contributed by atoms with E-state index in [2.05, 4.69) is 0 Å². The third kappa shape index (κ3) is 1.96. The first-order valence-corrected chi connectivity index (χ1v) is 5.44. The van der Waals surface area contributed by atoms with Crippen molar-refractivity contribution in [2.75, 3.05) is 7.11 Å². The summed E-state index contributed by atoms with van der Waals surface area (Å²) in [6.07, 6.45) is 0. The molecule has 0 aliphatic rings. The van der Waals surface area contributed by atoms with Gasteiger partial charge in [0.25, 0.3) is 0 Å². The van der Waals surface area contributed by atoms with Crippen molar-refractivity contribution in [2.24, 2.45) is 0 Å². The monoisotopic (exact) mass is 242 g/mol. The second kappa shape index (κ2) is 4.02. The van der Waals surface area contributed by atoms with Gasteiger partial charge < -0.3 is 14.8 Å². The number of ether oxygens (including phenoxy) is 1. The molecular formula is C9H8BClO3S. The first kappa shape index (κ1) is 10.8. The molecule has 78 valence electrons. The number of benzene rings is 1. The highest BCUT2D eigenvalue weighted by atomic mass is 35.5. The van der Waals surface area contributed by atoms with Gasteiger partial charge in [-0.15, -0.1) is 11.3 Å². The third-order valence-electron chi connectivity index (χ3n) is 2.04. The van der Waals surface area contributed by atoms with E-state index in [1.165, 1.54) is 11.3 Å². The molecule has 0 atom stereocenters. The van der Waals surface area contributed by atoms with Gasteiger partial charge in [-0.1, -0.05) is 11.6 Å². The van der Waals surface area contributed by atoms with Crippen LogP contribution in [-0.4, -0.2) is 24.3 Å². The van der Waals surface area contributed by atoms with Crippen molar-refractivity contribution in [3.05, 3.63) is 23.2 Å². The van der Waals surface area contributed by atoms with Gasteiger partial charge >= 0.3 is 7.12 Å².